The molecule has 0 aromatic carbocycles. The summed E-state index contributed by atoms with van der Waals surface area (Å²) in [5.41, 5.74) is -9.95. The topological polar surface area (TPSA) is 330 Å². The number of halogens is 6. The Morgan fingerprint density at radius 1 is 0.850 bits per heavy atom. The Balaban J connectivity index is -0.000000114. The van der Waals surface area contributed by atoms with E-state index in [9.17, 15) is 35.9 Å². The summed E-state index contributed by atoms with van der Waals surface area (Å²) in [6, 6.07) is 0. The number of nitrogens with zero attached hydrogens (tertiary/aromatic N) is 1. The molecule has 1 aliphatic heterocycles. The van der Waals surface area contributed by atoms with Crippen LogP contribution in [0.15, 0.2) is 35.6 Å². The maximum atomic E-state index is 12.2. The van der Waals surface area contributed by atoms with Crippen LogP contribution in [0.4, 0.5) is 26.3 Å². The molecule has 24 heteroatoms. The minimum Gasteiger partial charge on any atom is -0.497 e. The number of likely N-dealkylation sites (tertiary alicyclic amines) is 1. The van der Waals surface area contributed by atoms with Crippen LogP contribution in [0.25, 0.3) is 0 Å². The van der Waals surface area contributed by atoms with Crippen LogP contribution in [-0.4, -0.2) is 67.8 Å². The molecule has 0 spiro atoms. The monoisotopic (exact) mass is 822 g/mol. The second-order valence-corrected chi connectivity index (χ2v) is 9.61. The summed E-state index contributed by atoms with van der Waals surface area (Å²) in [5.74, 6) is 0.164. The molecule has 0 radical (unpaired) electrons. The predicted molar refractivity (Wildman–Crippen MR) is 125 cm³/mol. The van der Waals surface area contributed by atoms with Crippen LogP contribution in [0.2, 0.25) is 0 Å². The summed E-state index contributed by atoms with van der Waals surface area (Å²) in [6.45, 7) is 0. The first-order valence-electron chi connectivity index (χ1n) is 8.66. The standard InChI is InChI=1S/C14H15NO3.2CHF3O3S.5H3N.Os/c1-15-13(16)10-6-4-8-3-5-9(18-2)7-11(8)12(10)14(15)17;2*2-1(3,4)8(5,6)7;;;;;;/h3-5,7,10-12H,6H2,1-2H3;2*(H,5,6,7);5*1H3;/t10-,11+,12-;;;;;;;;/m1......../s1. The maximum absolute atomic E-state index is 12.2. The van der Waals surface area contributed by atoms with Gasteiger partial charge in [0.2, 0.25) is 11.8 Å². The smallest absolute Gasteiger partial charge is 0.497 e. The van der Waals surface area contributed by atoms with Gasteiger partial charge in [-0.15, -0.1) is 0 Å². The molecule has 0 aromatic heterocycles. The van der Waals surface area contributed by atoms with E-state index in [0.717, 1.165) is 11.3 Å². The quantitative estimate of drug-likeness (QED) is 0.0866. The molecule has 0 unspecified atom stereocenters. The van der Waals surface area contributed by atoms with Crippen molar-refractivity contribution in [3.8, 4) is 0 Å². The molecule has 17 N–H and O–H groups in total. The number of methoxy groups -OCH3 is 1. The summed E-state index contributed by atoms with van der Waals surface area (Å²) in [6.07, 6.45) is 8.55. The molecule has 15 nitrogen and oxygen atoms in total. The van der Waals surface area contributed by atoms with Crippen LogP contribution in [0.3, 0.4) is 0 Å². The van der Waals surface area contributed by atoms with E-state index in [4.69, 9.17) is 30.7 Å². The van der Waals surface area contributed by atoms with Gasteiger partial charge >= 0.3 is 31.3 Å². The molecule has 1 heterocycles. The summed E-state index contributed by atoms with van der Waals surface area (Å²) in [5, 5.41) is 0. The number of allylic oxidation sites excluding steroid dienone is 5. The Kier molecular flexibility index (Phi) is 22.5. The zero-order valence-electron chi connectivity index (χ0n) is 20.9. The number of hydrogen-bond acceptors (Lipinski definition) is 12. The molecular weight excluding hydrogens is 789 g/mol. The van der Waals surface area contributed by atoms with Crippen molar-refractivity contribution in [2.75, 3.05) is 14.2 Å². The second-order valence-electron chi connectivity index (χ2n) is 6.78. The van der Waals surface area contributed by atoms with Gasteiger partial charge in [0, 0.05) is 32.8 Å². The number of carbonyl (C=O) groups is 2. The molecule has 0 saturated carbocycles. The zero-order chi connectivity index (χ0) is 26.9. The van der Waals surface area contributed by atoms with Gasteiger partial charge in [-0.3, -0.25) is 23.6 Å². The minimum atomic E-state index is -5.84. The Hall–Kier alpha value is -2.00. The number of hydrogen-bond donors (Lipinski definition) is 7. The summed E-state index contributed by atoms with van der Waals surface area (Å²) in [7, 11) is -8.50. The molecule has 3 aliphatic rings. The number of rotatable bonds is 1. The minimum absolute atomic E-state index is 0. The Labute approximate surface area is 238 Å². The third-order valence-corrected chi connectivity index (χ3v) is 5.85. The Morgan fingerprint density at radius 2 is 1.23 bits per heavy atom. The van der Waals surface area contributed by atoms with E-state index in [2.05, 4.69) is 6.08 Å². The average molecular weight is 821 g/mol. The Morgan fingerprint density at radius 3 is 1.55 bits per heavy atom. The molecule has 0 bridgehead atoms. The Bertz CT molecular complexity index is 1100. The largest absolute Gasteiger partial charge is 0.522 e. The number of carbonyl (C=O) groups excluding carboxylic acids is 2. The summed E-state index contributed by atoms with van der Waals surface area (Å²) < 4.78 is 120. The van der Waals surface area contributed by atoms with Crippen LogP contribution >= 0.6 is 0 Å². The molecule has 242 valence electrons. The van der Waals surface area contributed by atoms with E-state index in [1.165, 1.54) is 4.90 Å². The molecule has 3 atom stereocenters. The molecule has 0 aromatic rings. The van der Waals surface area contributed by atoms with Gasteiger partial charge in [-0.1, -0.05) is 12.2 Å². The van der Waals surface area contributed by atoms with Crippen molar-refractivity contribution in [2.24, 2.45) is 17.8 Å². The van der Waals surface area contributed by atoms with Gasteiger partial charge in [0.15, 0.2) is 0 Å². The average Bonchev–Trinajstić information content (AvgIpc) is 2.90. The molecule has 1 fully saturated rings. The molecule has 2 amide bonds. The van der Waals surface area contributed by atoms with Crippen LogP contribution in [0.1, 0.15) is 6.42 Å². The summed E-state index contributed by atoms with van der Waals surface area (Å²) in [4.78, 5) is 25.4. The van der Waals surface area contributed by atoms with E-state index in [1.807, 2.05) is 18.2 Å². The van der Waals surface area contributed by atoms with Gasteiger partial charge in [0.1, 0.15) is 5.76 Å². The van der Waals surface area contributed by atoms with Crippen molar-refractivity contribution >= 4 is 32.1 Å². The van der Waals surface area contributed by atoms with Crippen molar-refractivity contribution in [3.05, 3.63) is 35.6 Å². The molecule has 3 rings (SSSR count). The second kappa shape index (κ2) is 17.7. The normalized spacial score (nSPS) is 20.9. The van der Waals surface area contributed by atoms with E-state index < -0.39 is 31.3 Å². The first-order valence-corrected chi connectivity index (χ1v) is 11.5. The van der Waals surface area contributed by atoms with Gasteiger partial charge in [-0.25, -0.2) is 0 Å². The molecule has 40 heavy (non-hydrogen) atoms. The number of amides is 2. The third-order valence-electron chi connectivity index (χ3n) is 4.68. The third kappa shape index (κ3) is 12.2. The first-order chi connectivity index (χ1) is 15.1. The number of fused-ring (bicyclic) bond motifs is 3. The number of imide groups is 1. The first kappa shape index (κ1) is 50.8. The van der Waals surface area contributed by atoms with Crippen molar-refractivity contribution in [3.63, 3.8) is 0 Å². The van der Waals surface area contributed by atoms with E-state index >= 15 is 0 Å². The van der Waals surface area contributed by atoms with E-state index in [0.29, 0.717) is 6.42 Å². The molecular formula is C16H32F6N6O9OsS2. The fraction of sp³-hybridized carbons (Fsp3) is 0.500. The maximum Gasteiger partial charge on any atom is 0.522 e. The van der Waals surface area contributed by atoms with Gasteiger partial charge in [-0.2, -0.15) is 43.2 Å². The van der Waals surface area contributed by atoms with E-state index in [-0.39, 0.29) is 80.1 Å². The van der Waals surface area contributed by atoms with Crippen molar-refractivity contribution in [1.82, 2.24) is 35.7 Å². The predicted octanol–water partition coefficient (Wildman–Crippen LogP) is 2.86. The van der Waals surface area contributed by atoms with Crippen LogP contribution < -0.4 is 30.8 Å². The molecule has 2 aliphatic carbocycles. The van der Waals surface area contributed by atoms with Crippen LogP contribution in [0, 0.1) is 17.8 Å². The van der Waals surface area contributed by atoms with Gasteiger partial charge in [-0.05, 0) is 24.1 Å². The number of alkyl halides is 6. The van der Waals surface area contributed by atoms with Gasteiger partial charge in [0.05, 0.1) is 18.9 Å². The van der Waals surface area contributed by atoms with Crippen LogP contribution in [-0.2, 0) is 54.4 Å². The van der Waals surface area contributed by atoms with Crippen LogP contribution in [0.5, 0.6) is 0 Å². The van der Waals surface area contributed by atoms with Gasteiger partial charge < -0.3 is 35.5 Å². The van der Waals surface area contributed by atoms with Crippen molar-refractivity contribution < 1.29 is 86.4 Å². The molecule has 1 saturated heterocycles. The van der Waals surface area contributed by atoms with Gasteiger partial charge in [0.25, 0.3) is 0 Å². The summed E-state index contributed by atoms with van der Waals surface area (Å²) >= 11 is 0. The van der Waals surface area contributed by atoms with E-state index in [1.54, 1.807) is 14.2 Å². The van der Waals surface area contributed by atoms with Crippen molar-refractivity contribution in [2.45, 2.75) is 17.4 Å². The zero-order valence-corrected chi connectivity index (χ0v) is 25.1. The fourth-order valence-electron chi connectivity index (χ4n) is 3.09. The fourth-order valence-corrected chi connectivity index (χ4v) is 3.09. The van der Waals surface area contributed by atoms with Crippen molar-refractivity contribution in [1.29, 1.82) is 0 Å². The number of ether oxygens (including phenoxy) is 1. The SMILES string of the molecule is COC1=C[C@H]2C(=CC[C@H]3C(=O)N(C)C(=O)[C@@H]23)C=C1.N.N.N.N.N.O=S(=O)(O)C(F)(F)F.O=S(=O)(O)C(F)(F)F.[Os].